The van der Waals surface area contributed by atoms with Crippen molar-refractivity contribution >= 4 is 10.0 Å². The molecule has 0 heterocycles. The molecule has 0 N–H and O–H groups in total. The van der Waals surface area contributed by atoms with Crippen molar-refractivity contribution in [1.82, 2.24) is 0 Å². The lowest BCUT2D eigenvalue weighted by atomic mass is 10.3. The third kappa shape index (κ3) is 6.35. The van der Waals surface area contributed by atoms with E-state index < -0.39 is 0 Å². The van der Waals surface area contributed by atoms with Crippen LogP contribution in [0.15, 0.2) is 0 Å². The van der Waals surface area contributed by atoms with Gasteiger partial charge in [0.25, 0.3) is 0 Å². The highest BCUT2D eigenvalue weighted by molar-refractivity contribution is 8.32. The van der Waals surface area contributed by atoms with Crippen molar-refractivity contribution in [1.29, 1.82) is 0 Å². The van der Waals surface area contributed by atoms with Gasteiger partial charge in [0.05, 0.1) is 0 Å². The molecule has 0 unspecified atom stereocenters. The molecule has 52 valence electrons. The molecule has 0 aliphatic heterocycles. The van der Waals surface area contributed by atoms with E-state index in [9.17, 15) is 0 Å². The Balaban J connectivity index is 3.39. The zero-order valence-corrected chi connectivity index (χ0v) is 7.51. The van der Waals surface area contributed by atoms with Crippen LogP contribution in [0.4, 0.5) is 0 Å². The molecule has 0 nitrogen and oxygen atoms in total. The van der Waals surface area contributed by atoms with Gasteiger partial charge in [-0.3, -0.25) is 0 Å². The van der Waals surface area contributed by atoms with Crippen LogP contribution in [0.3, 0.4) is 0 Å². The Morgan fingerprint density at radius 2 is 1.50 bits per heavy atom. The van der Waals surface area contributed by atoms with Crippen LogP contribution < -0.4 is 0 Å². The van der Waals surface area contributed by atoms with Crippen LogP contribution in [0.25, 0.3) is 0 Å². The molecule has 0 atom stereocenters. The lowest BCUT2D eigenvalue weighted by Gasteiger charge is -2.26. The maximum Gasteiger partial charge on any atom is -0.0212 e. The van der Waals surface area contributed by atoms with E-state index >= 15 is 0 Å². The Hall–Kier alpha value is 0.350. The Morgan fingerprint density at radius 3 is 1.50 bits per heavy atom. The van der Waals surface area contributed by atoms with Crippen LogP contribution in [0.2, 0.25) is 0 Å². The molecular formula is C7H18S. The first kappa shape index (κ1) is 8.35. The van der Waals surface area contributed by atoms with Gasteiger partial charge in [0.2, 0.25) is 0 Å². The van der Waals surface area contributed by atoms with E-state index in [4.69, 9.17) is 0 Å². The summed E-state index contributed by atoms with van der Waals surface area (Å²) in [5, 5.41) is 0. The molecule has 0 spiro atoms. The van der Waals surface area contributed by atoms with E-state index in [2.05, 4.69) is 32.6 Å². The zero-order valence-electron chi connectivity index (χ0n) is 6.69. The minimum atomic E-state index is -0.223. The normalized spacial score (nSPS) is 14.8. The SMILES string of the molecule is CC(C)CS(C)(C)C. The molecule has 0 rings (SSSR count). The summed E-state index contributed by atoms with van der Waals surface area (Å²) in [5.41, 5.74) is 0. The van der Waals surface area contributed by atoms with Crippen LogP contribution in [-0.4, -0.2) is 24.5 Å². The second-order valence-electron chi connectivity index (χ2n) is 3.65. The fraction of sp³-hybridized carbons (Fsp3) is 1.00. The molecule has 0 aromatic rings. The molecule has 0 radical (unpaired) electrons. The van der Waals surface area contributed by atoms with Crippen molar-refractivity contribution < 1.29 is 0 Å². The van der Waals surface area contributed by atoms with Crippen molar-refractivity contribution in [3.8, 4) is 0 Å². The maximum atomic E-state index is 2.37. The monoisotopic (exact) mass is 134 g/mol. The van der Waals surface area contributed by atoms with E-state index in [1.807, 2.05) is 0 Å². The molecule has 1 heteroatoms. The van der Waals surface area contributed by atoms with Crippen molar-refractivity contribution in [2.75, 3.05) is 24.5 Å². The van der Waals surface area contributed by atoms with E-state index in [-0.39, 0.29) is 10.0 Å². The van der Waals surface area contributed by atoms with E-state index in [1.54, 1.807) is 0 Å². The van der Waals surface area contributed by atoms with Crippen LogP contribution in [0, 0.1) is 5.92 Å². The number of rotatable bonds is 2. The zero-order chi connectivity index (χ0) is 6.78. The van der Waals surface area contributed by atoms with Crippen LogP contribution in [0.1, 0.15) is 13.8 Å². The molecule has 0 saturated carbocycles. The fourth-order valence-corrected chi connectivity index (χ4v) is 3.00. The maximum absolute atomic E-state index is 2.37. The summed E-state index contributed by atoms with van der Waals surface area (Å²) in [6.45, 7) is 4.58. The van der Waals surface area contributed by atoms with Gasteiger partial charge in [-0.1, -0.05) is 13.8 Å². The molecule has 0 bridgehead atoms. The molecule has 0 aliphatic carbocycles. The summed E-state index contributed by atoms with van der Waals surface area (Å²) in [5.74, 6) is 2.29. The first-order chi connectivity index (χ1) is 3.42. The molecule has 0 aliphatic rings. The van der Waals surface area contributed by atoms with Crippen LogP contribution in [-0.2, 0) is 0 Å². The quantitative estimate of drug-likeness (QED) is 0.544. The standard InChI is InChI=1S/C7H18S/c1-7(2)6-8(3,4)5/h7H,6H2,1-5H3. The van der Waals surface area contributed by atoms with Gasteiger partial charge in [-0.2, -0.15) is 0 Å². The highest BCUT2D eigenvalue weighted by Crippen LogP contribution is 2.36. The summed E-state index contributed by atoms with van der Waals surface area (Å²) < 4.78 is 0. The van der Waals surface area contributed by atoms with Crippen molar-refractivity contribution in [2.24, 2.45) is 5.92 Å². The van der Waals surface area contributed by atoms with Gasteiger partial charge in [-0.25, -0.2) is 10.0 Å². The van der Waals surface area contributed by atoms with Gasteiger partial charge in [-0.05, 0) is 30.4 Å². The van der Waals surface area contributed by atoms with Gasteiger partial charge >= 0.3 is 0 Å². The topological polar surface area (TPSA) is 0 Å². The molecule has 8 heavy (non-hydrogen) atoms. The van der Waals surface area contributed by atoms with Gasteiger partial charge in [-0.15, -0.1) is 0 Å². The highest BCUT2D eigenvalue weighted by Gasteiger charge is 2.05. The van der Waals surface area contributed by atoms with E-state index in [0.29, 0.717) is 0 Å². The summed E-state index contributed by atoms with van der Waals surface area (Å²) in [7, 11) is -0.223. The third-order valence-electron chi connectivity index (χ3n) is 0.833. The lowest BCUT2D eigenvalue weighted by molar-refractivity contribution is 0.747. The van der Waals surface area contributed by atoms with Gasteiger partial charge in [0.1, 0.15) is 0 Å². The molecule has 0 aromatic carbocycles. The van der Waals surface area contributed by atoms with Gasteiger partial charge in [0, 0.05) is 0 Å². The van der Waals surface area contributed by atoms with Crippen LogP contribution >= 0.6 is 10.0 Å². The van der Waals surface area contributed by atoms with Gasteiger partial charge < -0.3 is 0 Å². The summed E-state index contributed by atoms with van der Waals surface area (Å²) in [4.78, 5) is 0. The van der Waals surface area contributed by atoms with Crippen molar-refractivity contribution in [2.45, 2.75) is 13.8 Å². The lowest BCUT2D eigenvalue weighted by Crippen LogP contribution is -2.04. The first-order valence-electron chi connectivity index (χ1n) is 3.08. The van der Waals surface area contributed by atoms with Gasteiger partial charge in [0.15, 0.2) is 0 Å². The Kier molecular flexibility index (Phi) is 2.89. The Labute approximate surface area is 55.0 Å². The smallest absolute Gasteiger partial charge is 0.0212 e. The highest BCUT2D eigenvalue weighted by atomic mass is 32.3. The summed E-state index contributed by atoms with van der Waals surface area (Å²) in [6.07, 6.45) is 7.10. The molecule has 0 fully saturated rings. The number of hydrogen-bond acceptors (Lipinski definition) is 0. The van der Waals surface area contributed by atoms with Crippen LogP contribution in [0.5, 0.6) is 0 Å². The van der Waals surface area contributed by atoms with E-state index in [0.717, 1.165) is 5.92 Å². The Morgan fingerprint density at radius 1 is 1.12 bits per heavy atom. The summed E-state index contributed by atoms with van der Waals surface area (Å²) in [6, 6.07) is 0. The molecular weight excluding hydrogens is 116 g/mol. The van der Waals surface area contributed by atoms with Crippen molar-refractivity contribution in [3.05, 3.63) is 0 Å². The van der Waals surface area contributed by atoms with Crippen molar-refractivity contribution in [3.63, 3.8) is 0 Å². The predicted molar refractivity (Wildman–Crippen MR) is 45.1 cm³/mol. The molecule has 0 amide bonds. The fourth-order valence-electron chi connectivity index (χ4n) is 1.00. The van der Waals surface area contributed by atoms with E-state index in [1.165, 1.54) is 5.75 Å². The minimum Gasteiger partial charge on any atom is -0.249 e. The first-order valence-corrected chi connectivity index (χ1v) is 6.10. The average Bonchev–Trinajstić information content (AvgIpc) is 1.21. The second-order valence-corrected chi connectivity index (χ2v) is 8.17. The molecule has 0 aromatic heterocycles. The largest absolute Gasteiger partial charge is 0.249 e. The second kappa shape index (κ2) is 2.77. The minimum absolute atomic E-state index is 0.223. The number of hydrogen-bond donors (Lipinski definition) is 0. The third-order valence-corrected chi connectivity index (χ3v) is 2.50. The summed E-state index contributed by atoms with van der Waals surface area (Å²) >= 11 is 0. The molecule has 0 saturated heterocycles. The predicted octanol–water partition coefficient (Wildman–Crippen LogP) is 2.34. The Bertz CT molecular complexity index is 59.3. The average molecular weight is 134 g/mol.